The highest BCUT2D eigenvalue weighted by molar-refractivity contribution is 7.15. The van der Waals surface area contributed by atoms with Crippen LogP contribution in [-0.2, 0) is 6.54 Å². The number of halogens is 1. The van der Waals surface area contributed by atoms with Gasteiger partial charge in [0.1, 0.15) is 0 Å². The van der Waals surface area contributed by atoms with Gasteiger partial charge < -0.3 is 4.90 Å². The minimum absolute atomic E-state index is 0.0351. The highest BCUT2D eigenvalue weighted by atomic mass is 35.5. The number of rotatable bonds is 3. The summed E-state index contributed by atoms with van der Waals surface area (Å²) in [4.78, 5) is 34.3. The molecule has 2 aromatic heterocycles. The molecule has 1 saturated heterocycles. The maximum absolute atomic E-state index is 12.6. The van der Waals surface area contributed by atoms with E-state index in [0.717, 1.165) is 29.4 Å². The largest absolute Gasteiger partial charge is 0.336 e. The lowest BCUT2D eigenvalue weighted by Crippen LogP contribution is -2.48. The van der Waals surface area contributed by atoms with E-state index in [0.29, 0.717) is 30.2 Å². The molecule has 1 aliphatic rings. The monoisotopic (exact) mass is 402 g/mol. The molecular weight excluding hydrogens is 384 g/mol. The zero-order chi connectivity index (χ0) is 19.0. The van der Waals surface area contributed by atoms with Gasteiger partial charge in [0, 0.05) is 49.9 Å². The van der Waals surface area contributed by atoms with Gasteiger partial charge in [-0.3, -0.25) is 18.9 Å². The molecule has 0 saturated carbocycles. The van der Waals surface area contributed by atoms with Crippen molar-refractivity contribution in [2.24, 2.45) is 0 Å². The fourth-order valence-corrected chi connectivity index (χ4v) is 4.43. The number of nitrogens with zero attached hydrogens (tertiary/aromatic N) is 4. The number of carbonyl (C=O) groups excluding carboxylic acids is 1. The van der Waals surface area contributed by atoms with E-state index in [1.54, 1.807) is 22.6 Å². The fourth-order valence-electron chi connectivity index (χ4n) is 3.33. The van der Waals surface area contributed by atoms with Gasteiger partial charge in [0.15, 0.2) is 4.96 Å². The third-order valence-corrected chi connectivity index (χ3v) is 6.05. The number of amides is 1. The Morgan fingerprint density at radius 2 is 1.96 bits per heavy atom. The van der Waals surface area contributed by atoms with Gasteiger partial charge in [-0.05, 0) is 19.1 Å². The number of fused-ring (bicyclic) bond motifs is 1. The first-order chi connectivity index (χ1) is 13.0. The van der Waals surface area contributed by atoms with E-state index in [2.05, 4.69) is 9.88 Å². The molecule has 1 amide bonds. The highest BCUT2D eigenvalue weighted by Gasteiger charge is 2.23. The Hall–Kier alpha value is -2.22. The van der Waals surface area contributed by atoms with Crippen molar-refractivity contribution in [3.8, 4) is 0 Å². The van der Waals surface area contributed by atoms with Crippen LogP contribution in [0.4, 0.5) is 0 Å². The minimum Gasteiger partial charge on any atom is -0.336 e. The van der Waals surface area contributed by atoms with Crippen molar-refractivity contribution in [1.82, 2.24) is 19.2 Å². The Kier molecular flexibility index (Phi) is 4.99. The van der Waals surface area contributed by atoms with Crippen LogP contribution in [0.3, 0.4) is 0 Å². The summed E-state index contributed by atoms with van der Waals surface area (Å²) in [5, 5.41) is 2.42. The second kappa shape index (κ2) is 7.42. The molecule has 1 fully saturated rings. The molecule has 8 heteroatoms. The van der Waals surface area contributed by atoms with E-state index in [9.17, 15) is 9.59 Å². The topological polar surface area (TPSA) is 57.9 Å². The number of hydrogen-bond acceptors (Lipinski definition) is 5. The van der Waals surface area contributed by atoms with Crippen molar-refractivity contribution in [2.75, 3.05) is 26.2 Å². The molecule has 0 radical (unpaired) electrons. The molecule has 0 unspecified atom stereocenters. The Morgan fingerprint density at radius 3 is 2.70 bits per heavy atom. The standard InChI is InChI=1S/C19H19ClN4O2S/c1-13-12-27-19-21-14(10-17(25)24(13)19)11-22-6-8-23(9-7-22)18(26)15-4-2-3-5-16(15)20/h2-5,10,12H,6-9,11H2,1H3. The van der Waals surface area contributed by atoms with Crippen molar-refractivity contribution in [2.45, 2.75) is 13.5 Å². The summed E-state index contributed by atoms with van der Waals surface area (Å²) in [5.41, 5.74) is 2.18. The van der Waals surface area contributed by atoms with Gasteiger partial charge in [0.25, 0.3) is 11.5 Å². The number of hydrogen-bond donors (Lipinski definition) is 0. The lowest BCUT2D eigenvalue weighted by molar-refractivity contribution is 0.0627. The van der Waals surface area contributed by atoms with Gasteiger partial charge >= 0.3 is 0 Å². The zero-order valence-electron chi connectivity index (χ0n) is 14.9. The molecule has 3 aromatic rings. The summed E-state index contributed by atoms with van der Waals surface area (Å²) < 4.78 is 1.63. The Bertz CT molecular complexity index is 1050. The predicted octanol–water partition coefficient (Wildman–Crippen LogP) is 2.68. The first-order valence-electron chi connectivity index (χ1n) is 8.76. The molecule has 3 heterocycles. The number of piperazine rings is 1. The van der Waals surface area contributed by atoms with E-state index in [1.165, 1.54) is 11.3 Å². The van der Waals surface area contributed by atoms with E-state index >= 15 is 0 Å². The summed E-state index contributed by atoms with van der Waals surface area (Å²) in [7, 11) is 0. The predicted molar refractivity (Wildman–Crippen MR) is 107 cm³/mol. The Morgan fingerprint density at radius 1 is 1.22 bits per heavy atom. The molecule has 6 nitrogen and oxygen atoms in total. The van der Waals surface area contributed by atoms with Gasteiger partial charge in [0.2, 0.25) is 0 Å². The second-order valence-electron chi connectivity index (χ2n) is 6.63. The zero-order valence-corrected chi connectivity index (χ0v) is 16.5. The van der Waals surface area contributed by atoms with Gasteiger partial charge in [0.05, 0.1) is 16.3 Å². The average molecular weight is 403 g/mol. The van der Waals surface area contributed by atoms with Crippen molar-refractivity contribution >= 4 is 33.8 Å². The van der Waals surface area contributed by atoms with Crippen LogP contribution in [0.5, 0.6) is 0 Å². The first kappa shape index (κ1) is 18.2. The van der Waals surface area contributed by atoms with Gasteiger partial charge in [-0.25, -0.2) is 4.98 Å². The smallest absolute Gasteiger partial charge is 0.259 e. The third kappa shape index (κ3) is 3.63. The van der Waals surface area contributed by atoms with Gasteiger partial charge in [-0.2, -0.15) is 0 Å². The van der Waals surface area contributed by atoms with Crippen LogP contribution in [0.15, 0.2) is 40.5 Å². The maximum Gasteiger partial charge on any atom is 0.259 e. The molecule has 0 atom stereocenters. The van der Waals surface area contributed by atoms with Crippen LogP contribution in [0.25, 0.3) is 4.96 Å². The minimum atomic E-state index is -0.0405. The van der Waals surface area contributed by atoms with Crippen LogP contribution < -0.4 is 5.56 Å². The molecule has 27 heavy (non-hydrogen) atoms. The van der Waals surface area contributed by atoms with E-state index in [1.807, 2.05) is 29.3 Å². The van der Waals surface area contributed by atoms with E-state index in [4.69, 9.17) is 11.6 Å². The lowest BCUT2D eigenvalue weighted by atomic mass is 10.1. The number of thiazole rings is 1. The maximum atomic E-state index is 12.6. The summed E-state index contributed by atoms with van der Waals surface area (Å²) in [6, 6.07) is 8.73. The van der Waals surface area contributed by atoms with Crippen LogP contribution in [-0.4, -0.2) is 51.3 Å². The summed E-state index contributed by atoms with van der Waals surface area (Å²) in [6.45, 7) is 5.24. The third-order valence-electron chi connectivity index (χ3n) is 4.78. The van der Waals surface area contributed by atoms with Gasteiger partial charge in [-0.15, -0.1) is 11.3 Å². The number of aryl methyl sites for hydroxylation is 1. The molecule has 0 bridgehead atoms. The average Bonchev–Trinajstić information content (AvgIpc) is 3.03. The van der Waals surface area contributed by atoms with Crippen molar-refractivity contribution in [1.29, 1.82) is 0 Å². The SMILES string of the molecule is Cc1csc2nc(CN3CCN(C(=O)c4ccccc4Cl)CC3)cc(=O)n12. The molecule has 1 aliphatic heterocycles. The fraction of sp³-hybridized carbons (Fsp3) is 0.316. The normalized spacial score (nSPS) is 15.4. The molecule has 4 rings (SSSR count). The summed E-state index contributed by atoms with van der Waals surface area (Å²) in [6.07, 6.45) is 0. The molecule has 0 N–H and O–H groups in total. The quantitative estimate of drug-likeness (QED) is 0.675. The highest BCUT2D eigenvalue weighted by Crippen LogP contribution is 2.18. The van der Waals surface area contributed by atoms with Crippen molar-refractivity contribution < 1.29 is 4.79 Å². The molecule has 1 aromatic carbocycles. The lowest BCUT2D eigenvalue weighted by Gasteiger charge is -2.34. The Labute approximate surface area is 165 Å². The molecule has 140 valence electrons. The summed E-state index contributed by atoms with van der Waals surface area (Å²) in [5.74, 6) is -0.0351. The molecule has 0 spiro atoms. The molecule has 0 aliphatic carbocycles. The Balaban J connectivity index is 1.42. The van der Waals surface area contributed by atoms with Crippen molar-refractivity contribution in [3.05, 3.63) is 68.0 Å². The van der Waals surface area contributed by atoms with Crippen LogP contribution >= 0.6 is 22.9 Å². The van der Waals surface area contributed by atoms with E-state index < -0.39 is 0 Å². The van der Waals surface area contributed by atoms with Gasteiger partial charge in [-0.1, -0.05) is 23.7 Å². The van der Waals surface area contributed by atoms with Crippen molar-refractivity contribution in [3.63, 3.8) is 0 Å². The van der Waals surface area contributed by atoms with Crippen LogP contribution in [0, 0.1) is 6.92 Å². The first-order valence-corrected chi connectivity index (χ1v) is 10.0. The van der Waals surface area contributed by atoms with Crippen LogP contribution in [0.1, 0.15) is 21.7 Å². The van der Waals surface area contributed by atoms with Crippen LogP contribution in [0.2, 0.25) is 5.02 Å². The van der Waals surface area contributed by atoms with E-state index in [-0.39, 0.29) is 11.5 Å². The number of carbonyl (C=O) groups is 1. The number of benzene rings is 1. The molecular formula is C19H19ClN4O2S. The second-order valence-corrected chi connectivity index (χ2v) is 7.87. The summed E-state index contributed by atoms with van der Waals surface area (Å²) >= 11 is 7.62. The number of aromatic nitrogens is 2.